The van der Waals surface area contributed by atoms with Crippen LogP contribution in [-0.4, -0.2) is 4.83 Å². The highest BCUT2D eigenvalue weighted by Crippen LogP contribution is 2.36. The minimum Gasteiger partial charge on any atom is -0.207 e. The van der Waals surface area contributed by atoms with Gasteiger partial charge in [-0.2, -0.15) is 0 Å². The lowest BCUT2D eigenvalue weighted by molar-refractivity contribution is 0.592. The highest BCUT2D eigenvalue weighted by Gasteiger charge is 2.22. The second-order valence-corrected chi connectivity index (χ2v) is 5.49. The molecule has 0 aliphatic heterocycles. The van der Waals surface area contributed by atoms with Crippen LogP contribution >= 0.6 is 15.9 Å². The maximum Gasteiger partial charge on any atom is 0.123 e. The van der Waals surface area contributed by atoms with Gasteiger partial charge in [0.05, 0.1) is 0 Å². The molecule has 0 spiro atoms. The van der Waals surface area contributed by atoms with E-state index in [9.17, 15) is 4.39 Å². The Morgan fingerprint density at radius 2 is 1.93 bits per heavy atom. The lowest BCUT2D eigenvalue weighted by Gasteiger charge is -2.20. The van der Waals surface area contributed by atoms with E-state index in [4.69, 9.17) is 0 Å². The van der Waals surface area contributed by atoms with Gasteiger partial charge in [0, 0.05) is 4.83 Å². The van der Waals surface area contributed by atoms with Crippen molar-refractivity contribution in [3.8, 4) is 0 Å². The summed E-state index contributed by atoms with van der Waals surface area (Å²) in [7, 11) is 0. The van der Waals surface area contributed by atoms with Crippen LogP contribution in [0.15, 0.2) is 24.3 Å². The molecule has 2 rings (SSSR count). The number of halogens is 2. The van der Waals surface area contributed by atoms with Crippen molar-refractivity contribution >= 4 is 15.9 Å². The average molecular weight is 271 g/mol. The topological polar surface area (TPSA) is 0 Å². The molecule has 0 heterocycles. The summed E-state index contributed by atoms with van der Waals surface area (Å²) in [6, 6.07) is 7.07. The maximum atomic E-state index is 13.1. The Bertz CT molecular complexity index is 324. The maximum absolute atomic E-state index is 13.1. The van der Waals surface area contributed by atoms with Gasteiger partial charge in [-0.15, -0.1) is 0 Å². The minimum absolute atomic E-state index is 0.114. The summed E-state index contributed by atoms with van der Waals surface area (Å²) < 4.78 is 13.1. The van der Waals surface area contributed by atoms with Crippen LogP contribution in [0.3, 0.4) is 0 Å². The summed E-state index contributed by atoms with van der Waals surface area (Å²) in [5.41, 5.74) is 1.15. The third-order valence-corrected chi connectivity index (χ3v) is 4.30. The molecule has 1 aromatic carbocycles. The van der Waals surface area contributed by atoms with Crippen molar-refractivity contribution in [2.24, 2.45) is 0 Å². The van der Waals surface area contributed by atoms with Crippen LogP contribution in [0.25, 0.3) is 0 Å². The average Bonchev–Trinajstić information content (AvgIpc) is 2.43. The molecular weight excluding hydrogens is 255 g/mol. The first-order chi connectivity index (χ1) is 7.27. The Balaban J connectivity index is 2.20. The quantitative estimate of drug-likeness (QED) is 0.515. The lowest BCUT2D eigenvalue weighted by atomic mass is 9.92. The van der Waals surface area contributed by atoms with Crippen molar-refractivity contribution in [2.45, 2.75) is 42.8 Å². The highest BCUT2D eigenvalue weighted by atomic mass is 79.9. The summed E-state index contributed by atoms with van der Waals surface area (Å²) in [6.45, 7) is 0. The van der Waals surface area contributed by atoms with Crippen LogP contribution in [0.4, 0.5) is 4.39 Å². The van der Waals surface area contributed by atoms with Crippen LogP contribution in [0.2, 0.25) is 0 Å². The third kappa shape index (κ3) is 2.81. The Hall–Kier alpha value is -0.370. The summed E-state index contributed by atoms with van der Waals surface area (Å²) in [5.74, 6) is 0.375. The van der Waals surface area contributed by atoms with Gasteiger partial charge in [-0.05, 0) is 36.5 Å². The SMILES string of the molecule is Fc1cccc(C2CCCCCC2Br)c1. The van der Waals surface area contributed by atoms with E-state index in [-0.39, 0.29) is 5.82 Å². The number of hydrogen-bond donors (Lipinski definition) is 0. The van der Waals surface area contributed by atoms with Crippen molar-refractivity contribution in [3.05, 3.63) is 35.6 Å². The van der Waals surface area contributed by atoms with Gasteiger partial charge in [0.25, 0.3) is 0 Å². The zero-order chi connectivity index (χ0) is 10.7. The Labute approximate surface area is 99.0 Å². The van der Waals surface area contributed by atoms with Crippen molar-refractivity contribution in [1.82, 2.24) is 0 Å². The smallest absolute Gasteiger partial charge is 0.123 e. The molecular formula is C13H16BrF. The van der Waals surface area contributed by atoms with Gasteiger partial charge >= 0.3 is 0 Å². The molecule has 0 radical (unpaired) electrons. The molecule has 1 aliphatic carbocycles. The number of hydrogen-bond acceptors (Lipinski definition) is 0. The van der Waals surface area contributed by atoms with Gasteiger partial charge in [0.1, 0.15) is 5.82 Å². The number of benzene rings is 1. The second kappa shape index (κ2) is 5.11. The monoisotopic (exact) mass is 270 g/mol. The molecule has 0 bridgehead atoms. The van der Waals surface area contributed by atoms with Crippen molar-refractivity contribution in [3.63, 3.8) is 0 Å². The fourth-order valence-corrected chi connectivity index (χ4v) is 3.27. The van der Waals surface area contributed by atoms with Gasteiger partial charge in [0.2, 0.25) is 0 Å². The standard InChI is InChI=1S/C13H16BrF/c14-13-8-3-1-2-7-12(13)10-5-4-6-11(15)9-10/h4-6,9,12-13H,1-3,7-8H2. The molecule has 1 saturated carbocycles. The van der Waals surface area contributed by atoms with E-state index in [2.05, 4.69) is 15.9 Å². The highest BCUT2D eigenvalue weighted by molar-refractivity contribution is 9.09. The van der Waals surface area contributed by atoms with E-state index >= 15 is 0 Å². The first kappa shape index (κ1) is 11.1. The molecule has 2 unspecified atom stereocenters. The molecule has 1 aromatic rings. The molecule has 2 atom stereocenters. The van der Waals surface area contributed by atoms with Gasteiger partial charge in [0.15, 0.2) is 0 Å². The lowest BCUT2D eigenvalue weighted by Crippen LogP contribution is -2.10. The molecule has 0 N–H and O–H groups in total. The van der Waals surface area contributed by atoms with Crippen LogP contribution in [0, 0.1) is 5.82 Å². The first-order valence-electron chi connectivity index (χ1n) is 5.67. The summed E-state index contributed by atoms with van der Waals surface area (Å²) >= 11 is 3.74. The van der Waals surface area contributed by atoms with Crippen LogP contribution in [0.5, 0.6) is 0 Å². The van der Waals surface area contributed by atoms with Crippen LogP contribution < -0.4 is 0 Å². The fraction of sp³-hybridized carbons (Fsp3) is 0.538. The predicted octanol–water partition coefficient (Wildman–Crippen LogP) is 4.64. The van der Waals surface area contributed by atoms with Crippen molar-refractivity contribution in [2.75, 3.05) is 0 Å². The van der Waals surface area contributed by atoms with Gasteiger partial charge < -0.3 is 0 Å². The van der Waals surface area contributed by atoms with Gasteiger partial charge in [-0.1, -0.05) is 47.3 Å². The van der Waals surface area contributed by atoms with Crippen LogP contribution in [-0.2, 0) is 0 Å². The molecule has 0 aromatic heterocycles. The second-order valence-electron chi connectivity index (χ2n) is 4.32. The summed E-state index contributed by atoms with van der Waals surface area (Å²) in [6.07, 6.45) is 6.26. The molecule has 82 valence electrons. The Morgan fingerprint density at radius 3 is 2.73 bits per heavy atom. The van der Waals surface area contributed by atoms with E-state index in [0.717, 1.165) is 5.56 Å². The van der Waals surface area contributed by atoms with E-state index in [0.29, 0.717) is 10.7 Å². The third-order valence-electron chi connectivity index (χ3n) is 3.21. The van der Waals surface area contributed by atoms with Crippen LogP contribution in [0.1, 0.15) is 43.6 Å². The minimum atomic E-state index is -0.114. The first-order valence-corrected chi connectivity index (χ1v) is 6.58. The molecule has 15 heavy (non-hydrogen) atoms. The van der Waals surface area contributed by atoms with E-state index < -0.39 is 0 Å². The molecule has 1 fully saturated rings. The number of rotatable bonds is 1. The zero-order valence-corrected chi connectivity index (χ0v) is 10.3. The Kier molecular flexibility index (Phi) is 3.79. The molecule has 0 saturated heterocycles. The van der Waals surface area contributed by atoms with Gasteiger partial charge in [-0.25, -0.2) is 4.39 Å². The van der Waals surface area contributed by atoms with E-state index in [1.54, 1.807) is 6.07 Å². The van der Waals surface area contributed by atoms with Crippen molar-refractivity contribution < 1.29 is 4.39 Å². The normalized spacial score (nSPS) is 27.3. The van der Waals surface area contributed by atoms with Crippen molar-refractivity contribution in [1.29, 1.82) is 0 Å². The predicted molar refractivity (Wildman–Crippen MR) is 64.9 cm³/mol. The zero-order valence-electron chi connectivity index (χ0n) is 8.76. The molecule has 2 heteroatoms. The number of alkyl halides is 1. The van der Waals surface area contributed by atoms with Gasteiger partial charge in [-0.3, -0.25) is 0 Å². The molecule has 1 aliphatic rings. The summed E-state index contributed by atoms with van der Waals surface area (Å²) in [5, 5.41) is 0. The summed E-state index contributed by atoms with van der Waals surface area (Å²) in [4.78, 5) is 0.516. The molecule has 0 amide bonds. The largest absolute Gasteiger partial charge is 0.207 e. The Morgan fingerprint density at radius 1 is 1.13 bits per heavy atom. The fourth-order valence-electron chi connectivity index (χ4n) is 2.38. The van der Waals surface area contributed by atoms with E-state index in [1.165, 1.54) is 38.2 Å². The molecule has 0 nitrogen and oxygen atoms in total. The van der Waals surface area contributed by atoms with E-state index in [1.807, 2.05) is 12.1 Å².